The monoisotopic (exact) mass is 383 g/mol. The molecule has 144 valence electrons. The van der Waals surface area contributed by atoms with Crippen molar-refractivity contribution in [3.05, 3.63) is 102 Å². The number of nitrogens with zero attached hydrogens (tertiary/aromatic N) is 1. The molecular formula is C25H21NO3. The van der Waals surface area contributed by atoms with Gasteiger partial charge in [-0.25, -0.2) is 0 Å². The second-order valence-electron chi connectivity index (χ2n) is 6.49. The second kappa shape index (κ2) is 9.95. The number of allylic oxidation sites excluding steroid dienone is 2. The van der Waals surface area contributed by atoms with Crippen LogP contribution < -0.4 is 4.74 Å². The molecule has 0 fully saturated rings. The molecule has 0 saturated heterocycles. The van der Waals surface area contributed by atoms with Crippen molar-refractivity contribution < 1.29 is 14.3 Å². The van der Waals surface area contributed by atoms with Gasteiger partial charge < -0.3 is 4.74 Å². The minimum absolute atomic E-state index is 0.165. The van der Waals surface area contributed by atoms with E-state index in [0.717, 1.165) is 22.6 Å². The number of ketones is 2. The molecule has 0 spiro atoms. The normalized spacial score (nSPS) is 11.1. The van der Waals surface area contributed by atoms with E-state index in [1.54, 1.807) is 18.3 Å². The molecule has 0 N–H and O–H groups in total. The molecule has 1 heterocycles. The first-order chi connectivity index (χ1) is 14.1. The number of hydrogen-bond donors (Lipinski definition) is 0. The van der Waals surface area contributed by atoms with Gasteiger partial charge in [0, 0.05) is 11.9 Å². The minimum atomic E-state index is -0.244. The van der Waals surface area contributed by atoms with Gasteiger partial charge >= 0.3 is 0 Å². The van der Waals surface area contributed by atoms with Crippen molar-refractivity contribution in [3.63, 3.8) is 0 Å². The number of aromatic nitrogens is 1. The zero-order valence-electron chi connectivity index (χ0n) is 16.1. The lowest BCUT2D eigenvalue weighted by Gasteiger charge is -2.05. The number of rotatable bonds is 8. The highest BCUT2D eigenvalue weighted by molar-refractivity contribution is 6.10. The lowest BCUT2D eigenvalue weighted by molar-refractivity contribution is -0.121. The first-order valence-electron chi connectivity index (χ1n) is 9.26. The van der Waals surface area contributed by atoms with Gasteiger partial charge in [-0.1, -0.05) is 42.5 Å². The topological polar surface area (TPSA) is 56.3 Å². The third kappa shape index (κ3) is 6.70. The first-order valence-corrected chi connectivity index (χ1v) is 9.26. The van der Waals surface area contributed by atoms with Crippen LogP contribution in [0.1, 0.15) is 23.2 Å². The Morgan fingerprint density at radius 2 is 1.38 bits per heavy atom. The van der Waals surface area contributed by atoms with E-state index in [0.29, 0.717) is 5.75 Å². The van der Waals surface area contributed by atoms with E-state index in [1.165, 1.54) is 12.2 Å². The van der Waals surface area contributed by atoms with Crippen LogP contribution in [0.15, 0.2) is 85.1 Å². The second-order valence-corrected chi connectivity index (χ2v) is 6.49. The number of ether oxygens (including phenoxy) is 1. The SMILES string of the molecule is Cc1ccc(C=CC(=O)CC(=O)C=Cc2ccc(Oc3ccccc3)cc2)cn1. The number of hydrogen-bond acceptors (Lipinski definition) is 4. The third-order valence-corrected chi connectivity index (χ3v) is 4.07. The zero-order chi connectivity index (χ0) is 20.5. The summed E-state index contributed by atoms with van der Waals surface area (Å²) in [4.78, 5) is 28.1. The molecule has 0 amide bonds. The van der Waals surface area contributed by atoms with Crippen LogP contribution in [-0.4, -0.2) is 16.6 Å². The highest BCUT2D eigenvalue weighted by Crippen LogP contribution is 2.21. The van der Waals surface area contributed by atoms with Crippen LogP contribution in [0.3, 0.4) is 0 Å². The number of aryl methyl sites for hydroxylation is 1. The van der Waals surface area contributed by atoms with E-state index in [4.69, 9.17) is 4.74 Å². The molecule has 1 aromatic heterocycles. The molecular weight excluding hydrogens is 362 g/mol. The van der Waals surface area contributed by atoms with Crippen LogP contribution in [-0.2, 0) is 9.59 Å². The van der Waals surface area contributed by atoms with Crippen LogP contribution in [0.5, 0.6) is 11.5 Å². The zero-order valence-corrected chi connectivity index (χ0v) is 16.1. The van der Waals surface area contributed by atoms with E-state index in [9.17, 15) is 9.59 Å². The van der Waals surface area contributed by atoms with Crippen molar-refractivity contribution in [3.8, 4) is 11.5 Å². The molecule has 0 aliphatic carbocycles. The number of pyridine rings is 1. The maximum absolute atomic E-state index is 12.0. The quantitative estimate of drug-likeness (QED) is 0.384. The van der Waals surface area contributed by atoms with E-state index in [2.05, 4.69) is 4.98 Å². The van der Waals surface area contributed by atoms with Gasteiger partial charge in [0.25, 0.3) is 0 Å². The molecule has 0 saturated carbocycles. The van der Waals surface area contributed by atoms with Crippen molar-refractivity contribution in [1.82, 2.24) is 4.98 Å². The molecule has 0 bridgehead atoms. The predicted molar refractivity (Wildman–Crippen MR) is 115 cm³/mol. The molecule has 4 heteroatoms. The fraction of sp³-hybridized carbons (Fsp3) is 0.0800. The van der Waals surface area contributed by atoms with Crippen molar-refractivity contribution in [2.24, 2.45) is 0 Å². The van der Waals surface area contributed by atoms with Crippen LogP contribution in [0, 0.1) is 6.92 Å². The van der Waals surface area contributed by atoms with Crippen LogP contribution in [0.2, 0.25) is 0 Å². The summed E-state index contributed by atoms with van der Waals surface area (Å²) in [5.41, 5.74) is 2.59. The van der Waals surface area contributed by atoms with Gasteiger partial charge in [-0.05, 0) is 66.6 Å². The summed E-state index contributed by atoms with van der Waals surface area (Å²) >= 11 is 0. The molecule has 0 unspecified atom stereocenters. The number of para-hydroxylation sites is 1. The summed E-state index contributed by atoms with van der Waals surface area (Å²) in [5.74, 6) is 0.989. The predicted octanol–water partition coefficient (Wildman–Crippen LogP) is 5.44. The molecule has 3 aromatic rings. The summed E-state index contributed by atoms with van der Waals surface area (Å²) in [6.07, 6.45) is 7.71. The first kappa shape index (κ1) is 20.0. The van der Waals surface area contributed by atoms with Gasteiger partial charge in [-0.15, -0.1) is 0 Å². The molecule has 0 aliphatic rings. The summed E-state index contributed by atoms with van der Waals surface area (Å²) in [7, 11) is 0. The number of benzene rings is 2. The average molecular weight is 383 g/mol. The van der Waals surface area contributed by atoms with Crippen molar-refractivity contribution in [1.29, 1.82) is 0 Å². The highest BCUT2D eigenvalue weighted by atomic mass is 16.5. The Hall–Kier alpha value is -3.79. The smallest absolute Gasteiger partial charge is 0.163 e. The molecule has 0 atom stereocenters. The van der Waals surface area contributed by atoms with Crippen molar-refractivity contribution in [2.75, 3.05) is 0 Å². The summed E-state index contributed by atoms with van der Waals surface area (Å²) in [5, 5.41) is 0. The Morgan fingerprint density at radius 3 is 2.00 bits per heavy atom. The lowest BCUT2D eigenvalue weighted by Crippen LogP contribution is -2.01. The maximum Gasteiger partial charge on any atom is 0.163 e. The Kier molecular flexibility index (Phi) is 6.85. The highest BCUT2D eigenvalue weighted by Gasteiger charge is 2.04. The molecule has 2 aromatic carbocycles. The number of carbonyl (C=O) groups is 2. The van der Waals surface area contributed by atoms with Gasteiger partial charge in [-0.2, -0.15) is 0 Å². The summed E-state index contributed by atoms with van der Waals surface area (Å²) in [6, 6.07) is 20.6. The Balaban J connectivity index is 1.50. The van der Waals surface area contributed by atoms with E-state index < -0.39 is 0 Å². The molecule has 0 radical (unpaired) electrons. The number of carbonyl (C=O) groups excluding carboxylic acids is 2. The molecule has 4 nitrogen and oxygen atoms in total. The van der Waals surface area contributed by atoms with Gasteiger partial charge in [-0.3, -0.25) is 14.6 Å². The van der Waals surface area contributed by atoms with E-state index >= 15 is 0 Å². The van der Waals surface area contributed by atoms with Gasteiger partial charge in [0.1, 0.15) is 11.5 Å². The van der Waals surface area contributed by atoms with Gasteiger partial charge in [0.05, 0.1) is 6.42 Å². The summed E-state index contributed by atoms with van der Waals surface area (Å²) in [6.45, 7) is 1.90. The van der Waals surface area contributed by atoms with Crippen LogP contribution >= 0.6 is 0 Å². The largest absolute Gasteiger partial charge is 0.457 e. The fourth-order valence-electron chi connectivity index (χ4n) is 2.52. The van der Waals surface area contributed by atoms with Crippen LogP contribution in [0.4, 0.5) is 0 Å². The fourth-order valence-corrected chi connectivity index (χ4v) is 2.52. The maximum atomic E-state index is 12.0. The van der Waals surface area contributed by atoms with E-state index in [-0.39, 0.29) is 18.0 Å². The van der Waals surface area contributed by atoms with Crippen molar-refractivity contribution in [2.45, 2.75) is 13.3 Å². The van der Waals surface area contributed by atoms with Gasteiger partial charge in [0.2, 0.25) is 0 Å². The Morgan fingerprint density at radius 1 is 0.793 bits per heavy atom. The summed E-state index contributed by atoms with van der Waals surface area (Å²) < 4.78 is 5.73. The molecule has 29 heavy (non-hydrogen) atoms. The standard InChI is InChI=1S/C25H21NO3/c1-19-7-8-21(18-26-19)10-14-23(28)17-22(27)13-9-20-11-15-25(16-12-20)29-24-5-3-2-4-6-24/h2-16,18H,17H2,1H3. The van der Waals surface area contributed by atoms with Crippen molar-refractivity contribution >= 4 is 23.7 Å². The molecule has 0 aliphatic heterocycles. The Labute approximate surface area is 170 Å². The Bertz CT molecular complexity index is 1020. The molecule has 3 rings (SSSR count). The van der Waals surface area contributed by atoms with Crippen LogP contribution in [0.25, 0.3) is 12.2 Å². The lowest BCUT2D eigenvalue weighted by atomic mass is 10.1. The third-order valence-electron chi connectivity index (χ3n) is 4.07. The minimum Gasteiger partial charge on any atom is -0.457 e. The van der Waals surface area contributed by atoms with E-state index in [1.807, 2.05) is 73.7 Å². The van der Waals surface area contributed by atoms with Gasteiger partial charge in [0.15, 0.2) is 11.6 Å². The average Bonchev–Trinajstić information content (AvgIpc) is 2.74.